The fraction of sp³-hybridized carbons (Fsp3) is 0.650. The van der Waals surface area contributed by atoms with E-state index < -0.39 is 21.8 Å². The van der Waals surface area contributed by atoms with Gasteiger partial charge in [0.15, 0.2) is 5.13 Å². The molecule has 1 saturated heterocycles. The number of halogens is 3. The first-order chi connectivity index (χ1) is 15.5. The van der Waals surface area contributed by atoms with Crippen LogP contribution in [0.2, 0.25) is 0 Å². The molecule has 1 aliphatic heterocycles. The normalized spacial score (nSPS) is 19.2. The Morgan fingerprint density at radius 2 is 1.79 bits per heavy atom. The van der Waals surface area contributed by atoms with Crippen molar-refractivity contribution in [2.45, 2.75) is 56.8 Å². The van der Waals surface area contributed by atoms with Gasteiger partial charge < -0.3 is 10.2 Å². The quantitative estimate of drug-likeness (QED) is 0.639. The second kappa shape index (κ2) is 9.34. The maximum Gasteiger partial charge on any atom is 0.420 e. The van der Waals surface area contributed by atoms with Crippen molar-refractivity contribution < 1.29 is 21.6 Å². The van der Waals surface area contributed by atoms with Crippen LogP contribution in [0.25, 0.3) is 10.6 Å². The maximum atomic E-state index is 13.7. The van der Waals surface area contributed by atoms with Crippen molar-refractivity contribution in [3.8, 4) is 10.6 Å². The molecular weight excluding hydrogens is 477 g/mol. The van der Waals surface area contributed by atoms with E-state index in [2.05, 4.69) is 20.3 Å². The van der Waals surface area contributed by atoms with E-state index in [0.29, 0.717) is 42.0 Å². The van der Waals surface area contributed by atoms with Gasteiger partial charge in [0, 0.05) is 44.6 Å². The molecule has 8 nitrogen and oxygen atoms in total. The van der Waals surface area contributed by atoms with Gasteiger partial charge in [-0.15, -0.1) is 0 Å². The van der Waals surface area contributed by atoms with E-state index in [-0.39, 0.29) is 17.7 Å². The molecule has 0 spiro atoms. The number of aromatic nitrogens is 3. The zero-order valence-corrected chi connectivity index (χ0v) is 20.1. The van der Waals surface area contributed by atoms with E-state index in [9.17, 15) is 21.6 Å². The predicted octanol–water partition coefficient (Wildman–Crippen LogP) is 3.83. The second-order valence-corrected chi connectivity index (χ2v) is 11.6. The smallest absolute Gasteiger partial charge is 0.351 e. The van der Waals surface area contributed by atoms with Crippen molar-refractivity contribution in [3.05, 3.63) is 18.0 Å². The van der Waals surface area contributed by atoms with Gasteiger partial charge >= 0.3 is 6.18 Å². The molecule has 0 atom stereocenters. The van der Waals surface area contributed by atoms with Gasteiger partial charge in [-0.25, -0.2) is 27.7 Å². The van der Waals surface area contributed by atoms with Gasteiger partial charge in [0.05, 0.1) is 16.8 Å². The van der Waals surface area contributed by atoms with Gasteiger partial charge in [0.1, 0.15) is 5.56 Å². The summed E-state index contributed by atoms with van der Waals surface area (Å²) < 4.78 is 65.9. The van der Waals surface area contributed by atoms with Gasteiger partial charge in [-0.3, -0.25) is 0 Å². The van der Waals surface area contributed by atoms with Gasteiger partial charge in [-0.05, 0) is 25.7 Å². The lowest BCUT2D eigenvalue weighted by molar-refractivity contribution is -0.137. The van der Waals surface area contributed by atoms with Crippen molar-refractivity contribution >= 4 is 32.4 Å². The van der Waals surface area contributed by atoms with Crippen LogP contribution < -0.4 is 10.2 Å². The van der Waals surface area contributed by atoms with Crippen molar-refractivity contribution in [1.82, 2.24) is 19.3 Å². The minimum absolute atomic E-state index is 0.0925. The van der Waals surface area contributed by atoms with Crippen molar-refractivity contribution in [2.75, 3.05) is 36.6 Å². The van der Waals surface area contributed by atoms with E-state index in [0.717, 1.165) is 31.9 Å². The van der Waals surface area contributed by atoms with Crippen LogP contribution in [0.5, 0.6) is 0 Å². The van der Waals surface area contributed by atoms with Crippen LogP contribution in [0.15, 0.2) is 12.4 Å². The molecule has 0 aromatic carbocycles. The number of hydrogen-bond donors (Lipinski definition) is 1. The highest BCUT2D eigenvalue weighted by molar-refractivity contribution is 7.88. The minimum atomic E-state index is -4.60. The molecule has 13 heteroatoms. The van der Waals surface area contributed by atoms with Crippen molar-refractivity contribution in [1.29, 1.82) is 0 Å². The van der Waals surface area contributed by atoms with E-state index in [1.807, 2.05) is 11.9 Å². The number of nitrogens with one attached hydrogen (secondary N) is 1. The second-order valence-electron chi connectivity index (χ2n) is 8.59. The van der Waals surface area contributed by atoms with Crippen LogP contribution in [0, 0.1) is 0 Å². The highest BCUT2D eigenvalue weighted by Crippen LogP contribution is 2.40. The van der Waals surface area contributed by atoms with Gasteiger partial charge in [0.25, 0.3) is 0 Å². The van der Waals surface area contributed by atoms with Crippen LogP contribution >= 0.6 is 11.3 Å². The molecule has 4 rings (SSSR count). The molecule has 1 aliphatic carbocycles. The summed E-state index contributed by atoms with van der Waals surface area (Å²) in [5, 5.41) is 3.75. The molecule has 2 aliphatic rings. The number of alkyl halides is 3. The Bertz CT molecular complexity index is 1080. The fourth-order valence-electron chi connectivity index (χ4n) is 4.35. The molecule has 2 aromatic heterocycles. The molecule has 0 amide bonds. The average molecular weight is 505 g/mol. The summed E-state index contributed by atoms with van der Waals surface area (Å²) in [6.45, 7) is 0.686. The zero-order chi connectivity index (χ0) is 23.8. The molecule has 2 fully saturated rings. The molecule has 1 saturated carbocycles. The fourth-order valence-corrected chi connectivity index (χ4v) is 6.17. The highest BCUT2D eigenvalue weighted by atomic mass is 32.2. The van der Waals surface area contributed by atoms with Crippen LogP contribution in [0.4, 0.5) is 24.3 Å². The molecule has 0 bridgehead atoms. The molecule has 0 radical (unpaired) electrons. The number of anilines is 2. The van der Waals surface area contributed by atoms with E-state index in [1.165, 1.54) is 28.1 Å². The third kappa shape index (κ3) is 5.57. The first-order valence-corrected chi connectivity index (χ1v) is 13.5. The molecule has 0 unspecified atom stereocenters. The van der Waals surface area contributed by atoms with Crippen molar-refractivity contribution in [3.63, 3.8) is 0 Å². The number of rotatable bonds is 6. The highest BCUT2D eigenvalue weighted by Gasteiger charge is 2.36. The van der Waals surface area contributed by atoms with E-state index >= 15 is 0 Å². The molecule has 1 N–H and O–H groups in total. The van der Waals surface area contributed by atoms with E-state index in [4.69, 9.17) is 0 Å². The summed E-state index contributed by atoms with van der Waals surface area (Å²) in [6.07, 6.45) is 4.25. The first-order valence-electron chi connectivity index (χ1n) is 10.9. The summed E-state index contributed by atoms with van der Waals surface area (Å²) >= 11 is 1.19. The van der Waals surface area contributed by atoms with E-state index in [1.54, 1.807) is 0 Å². The van der Waals surface area contributed by atoms with Crippen LogP contribution in [0.1, 0.15) is 44.1 Å². The lowest BCUT2D eigenvalue weighted by atomic mass is 10.1. The Balaban J connectivity index is 1.55. The largest absolute Gasteiger partial charge is 0.420 e. The standard InChI is InChI=1S/C20H27F3N6O2S2/c1-28(14-5-3-4-6-14)19-25-12-16(32-19)17-15(20(21,22)23)11-24-18(27-17)26-13-7-9-29(10-8-13)33(2,30)31/h11-14H,3-10H2,1-2H3,(H,24,26,27). The zero-order valence-electron chi connectivity index (χ0n) is 18.5. The van der Waals surface area contributed by atoms with Gasteiger partial charge in [0.2, 0.25) is 16.0 Å². The Morgan fingerprint density at radius 3 is 2.39 bits per heavy atom. The molecule has 3 heterocycles. The third-order valence-corrected chi connectivity index (χ3v) is 8.65. The van der Waals surface area contributed by atoms with Gasteiger partial charge in [-0.2, -0.15) is 13.2 Å². The molecular formula is C20H27F3N6O2S2. The maximum absolute atomic E-state index is 13.7. The van der Waals surface area contributed by atoms with Crippen LogP contribution in [0.3, 0.4) is 0 Å². The summed E-state index contributed by atoms with van der Waals surface area (Å²) in [7, 11) is -1.33. The lowest BCUT2D eigenvalue weighted by Gasteiger charge is -2.30. The van der Waals surface area contributed by atoms with Crippen LogP contribution in [-0.4, -0.2) is 66.2 Å². The number of thiazole rings is 1. The summed E-state index contributed by atoms with van der Waals surface area (Å²) in [5.74, 6) is 0.0925. The first kappa shape index (κ1) is 24.1. The Hall–Kier alpha value is -1.99. The van der Waals surface area contributed by atoms with Gasteiger partial charge in [-0.1, -0.05) is 24.2 Å². The lowest BCUT2D eigenvalue weighted by Crippen LogP contribution is -2.42. The molecule has 2 aromatic rings. The molecule has 182 valence electrons. The number of piperidine rings is 1. The average Bonchev–Trinajstić information content (AvgIpc) is 3.45. The summed E-state index contributed by atoms with van der Waals surface area (Å²) in [6, 6.07) is 0.227. The topological polar surface area (TPSA) is 91.3 Å². The Kier molecular flexibility index (Phi) is 6.83. The minimum Gasteiger partial charge on any atom is -0.351 e. The summed E-state index contributed by atoms with van der Waals surface area (Å²) in [4.78, 5) is 14.9. The number of hydrogen-bond acceptors (Lipinski definition) is 8. The number of sulfonamides is 1. The third-order valence-electron chi connectivity index (χ3n) is 6.25. The Morgan fingerprint density at radius 1 is 1.12 bits per heavy atom. The molecule has 33 heavy (non-hydrogen) atoms. The predicted molar refractivity (Wildman–Crippen MR) is 122 cm³/mol. The number of nitrogens with zero attached hydrogens (tertiary/aromatic N) is 5. The van der Waals surface area contributed by atoms with Crippen molar-refractivity contribution in [2.24, 2.45) is 0 Å². The monoisotopic (exact) mass is 504 g/mol. The Labute approximate surface area is 195 Å². The van der Waals surface area contributed by atoms with Crippen LogP contribution in [-0.2, 0) is 16.2 Å². The summed E-state index contributed by atoms with van der Waals surface area (Å²) in [5.41, 5.74) is -1.10. The SMILES string of the molecule is CN(c1ncc(-c2nc(NC3CCN(S(C)(=O)=O)CC3)ncc2C(F)(F)F)s1)C1CCCC1.